The van der Waals surface area contributed by atoms with Crippen molar-refractivity contribution in [3.63, 3.8) is 0 Å². The van der Waals surface area contributed by atoms with Gasteiger partial charge in [-0.2, -0.15) is 9.78 Å². The fraction of sp³-hybridized carbons (Fsp3) is 0.357. The van der Waals surface area contributed by atoms with Gasteiger partial charge in [0.1, 0.15) is 5.82 Å². The summed E-state index contributed by atoms with van der Waals surface area (Å²) < 4.78 is 18.7. The van der Waals surface area contributed by atoms with Crippen molar-refractivity contribution in [2.75, 3.05) is 13.7 Å². The number of hydrogen-bond donors (Lipinski definition) is 0. The molecule has 0 aliphatic carbocycles. The Labute approximate surface area is 225 Å². The quantitative estimate of drug-likeness (QED) is 0.163. The number of benzene rings is 2. The standard InChI is InChI=1S/C28H32BrN3O5/c1-6-9-11-25-31-23-13-12-21(29)16-22(23)27(33)32(25)30-17-19-14-20(10-7-2)26(24(15-19)35-5)37-18(4)28(34)36-8-3/h7,12-18H,2,6,8-11H2,1,3-5H3/t18-/m0/s1. The molecule has 1 heterocycles. The number of hydrogen-bond acceptors (Lipinski definition) is 7. The number of halogens is 1. The number of carbonyl (C=O) groups is 1. The molecule has 0 bridgehead atoms. The Morgan fingerprint density at radius 3 is 2.73 bits per heavy atom. The van der Waals surface area contributed by atoms with Gasteiger partial charge >= 0.3 is 5.97 Å². The van der Waals surface area contributed by atoms with Gasteiger partial charge < -0.3 is 14.2 Å². The number of ether oxygens (including phenoxy) is 3. The van der Waals surface area contributed by atoms with Crippen molar-refractivity contribution in [2.24, 2.45) is 5.10 Å². The highest BCUT2D eigenvalue weighted by Gasteiger charge is 2.21. The lowest BCUT2D eigenvalue weighted by Crippen LogP contribution is -2.26. The molecule has 0 spiro atoms. The van der Waals surface area contributed by atoms with Gasteiger partial charge in [-0.15, -0.1) is 6.58 Å². The van der Waals surface area contributed by atoms with Gasteiger partial charge in [-0.05, 0) is 62.6 Å². The molecule has 0 unspecified atom stereocenters. The summed E-state index contributed by atoms with van der Waals surface area (Å²) in [7, 11) is 1.52. The van der Waals surface area contributed by atoms with Gasteiger partial charge in [0, 0.05) is 16.5 Å². The molecule has 0 N–H and O–H groups in total. The summed E-state index contributed by atoms with van der Waals surface area (Å²) in [5.74, 6) is 0.989. The number of rotatable bonds is 12. The maximum atomic E-state index is 13.4. The molecule has 0 aliphatic heterocycles. The first kappa shape index (κ1) is 28.1. The minimum Gasteiger partial charge on any atom is -0.493 e. The Morgan fingerprint density at radius 1 is 1.27 bits per heavy atom. The van der Waals surface area contributed by atoms with E-state index in [4.69, 9.17) is 19.2 Å². The van der Waals surface area contributed by atoms with Crippen LogP contribution in [0, 0.1) is 0 Å². The number of fused-ring (bicyclic) bond motifs is 1. The average molecular weight is 570 g/mol. The second kappa shape index (κ2) is 13.2. The number of aryl methyl sites for hydroxylation is 1. The summed E-state index contributed by atoms with van der Waals surface area (Å²) in [6.45, 7) is 9.54. The molecular weight excluding hydrogens is 538 g/mol. The van der Waals surface area contributed by atoms with Crippen LogP contribution in [0.3, 0.4) is 0 Å². The van der Waals surface area contributed by atoms with Gasteiger partial charge in [0.2, 0.25) is 0 Å². The van der Waals surface area contributed by atoms with Gasteiger partial charge in [-0.3, -0.25) is 4.79 Å². The molecule has 1 aromatic heterocycles. The van der Waals surface area contributed by atoms with Crippen LogP contribution in [0.2, 0.25) is 0 Å². The lowest BCUT2D eigenvalue weighted by atomic mass is 10.1. The van der Waals surface area contributed by atoms with Crippen molar-refractivity contribution >= 4 is 39.0 Å². The summed E-state index contributed by atoms with van der Waals surface area (Å²) in [5.41, 5.74) is 1.84. The number of unbranched alkanes of at least 4 members (excludes halogenated alkanes) is 1. The van der Waals surface area contributed by atoms with Crippen LogP contribution in [0.1, 0.15) is 50.6 Å². The highest BCUT2D eigenvalue weighted by Crippen LogP contribution is 2.34. The van der Waals surface area contributed by atoms with E-state index in [0.29, 0.717) is 46.6 Å². The molecule has 9 heteroatoms. The molecular formula is C28H32BrN3O5. The Balaban J connectivity index is 2.07. The topological polar surface area (TPSA) is 92.0 Å². The van der Waals surface area contributed by atoms with Crippen LogP contribution in [0.25, 0.3) is 10.9 Å². The average Bonchev–Trinajstić information content (AvgIpc) is 2.88. The SMILES string of the molecule is C=CCc1cc(C=Nn2c(CCCC)nc3ccc(Br)cc3c2=O)cc(OC)c1O[C@@H](C)C(=O)OCC. The molecule has 196 valence electrons. The van der Waals surface area contributed by atoms with Crippen LogP contribution in [-0.2, 0) is 22.4 Å². The molecule has 0 saturated carbocycles. The van der Waals surface area contributed by atoms with Gasteiger partial charge in [0.25, 0.3) is 5.56 Å². The smallest absolute Gasteiger partial charge is 0.347 e. The Kier molecular flexibility index (Phi) is 10.0. The van der Waals surface area contributed by atoms with Crippen molar-refractivity contribution in [1.29, 1.82) is 0 Å². The minimum absolute atomic E-state index is 0.241. The highest BCUT2D eigenvalue weighted by molar-refractivity contribution is 9.10. The first-order valence-electron chi connectivity index (χ1n) is 12.2. The van der Waals surface area contributed by atoms with E-state index in [1.54, 1.807) is 38.3 Å². The molecule has 3 rings (SSSR count). The Morgan fingerprint density at radius 2 is 2.05 bits per heavy atom. The third-order valence-corrected chi connectivity index (χ3v) is 6.10. The predicted molar refractivity (Wildman–Crippen MR) is 149 cm³/mol. The molecule has 37 heavy (non-hydrogen) atoms. The highest BCUT2D eigenvalue weighted by atomic mass is 79.9. The van der Waals surface area contributed by atoms with E-state index in [-0.39, 0.29) is 12.2 Å². The number of nitrogens with zero attached hydrogens (tertiary/aromatic N) is 3. The van der Waals surface area contributed by atoms with Crippen LogP contribution >= 0.6 is 15.9 Å². The molecule has 0 aliphatic rings. The van der Waals surface area contributed by atoms with E-state index < -0.39 is 12.1 Å². The molecule has 3 aromatic rings. The van der Waals surface area contributed by atoms with Crippen LogP contribution in [0.4, 0.5) is 0 Å². The Hall–Kier alpha value is -3.46. The number of allylic oxidation sites excluding steroid dienone is 1. The van der Waals surface area contributed by atoms with Gasteiger partial charge in [-0.25, -0.2) is 9.78 Å². The second-order valence-electron chi connectivity index (χ2n) is 8.37. The summed E-state index contributed by atoms with van der Waals surface area (Å²) in [5, 5.41) is 5.01. The van der Waals surface area contributed by atoms with Crippen LogP contribution < -0.4 is 15.0 Å². The minimum atomic E-state index is -0.820. The summed E-state index contributed by atoms with van der Waals surface area (Å²) in [4.78, 5) is 30.2. The van der Waals surface area contributed by atoms with Crippen LogP contribution in [-0.4, -0.2) is 41.7 Å². The van der Waals surface area contributed by atoms with Crippen molar-refractivity contribution in [2.45, 2.75) is 52.6 Å². The monoisotopic (exact) mass is 569 g/mol. The molecule has 0 saturated heterocycles. The first-order chi connectivity index (χ1) is 17.8. The zero-order valence-corrected chi connectivity index (χ0v) is 23.2. The van der Waals surface area contributed by atoms with Crippen LogP contribution in [0.15, 0.2) is 57.4 Å². The lowest BCUT2D eigenvalue weighted by Gasteiger charge is -2.19. The zero-order chi connectivity index (χ0) is 26.9. The van der Waals surface area contributed by atoms with E-state index in [2.05, 4.69) is 34.5 Å². The molecule has 2 aromatic carbocycles. The van der Waals surface area contributed by atoms with Crippen LogP contribution in [0.5, 0.6) is 11.5 Å². The zero-order valence-electron chi connectivity index (χ0n) is 21.6. The molecule has 1 atom stereocenters. The number of esters is 1. The summed E-state index contributed by atoms with van der Waals surface area (Å²) in [6, 6.07) is 9.05. The third-order valence-electron chi connectivity index (χ3n) is 5.60. The normalized spacial score (nSPS) is 12.0. The van der Waals surface area contributed by atoms with Crippen molar-refractivity contribution in [3.8, 4) is 11.5 Å². The van der Waals surface area contributed by atoms with E-state index in [0.717, 1.165) is 22.9 Å². The molecule has 0 fully saturated rings. The molecule has 8 nitrogen and oxygen atoms in total. The lowest BCUT2D eigenvalue weighted by molar-refractivity contribution is -0.150. The number of methoxy groups -OCH3 is 1. The number of carbonyl (C=O) groups excluding carboxylic acids is 1. The van der Waals surface area contributed by atoms with Crippen molar-refractivity contribution in [1.82, 2.24) is 9.66 Å². The molecule has 0 amide bonds. The molecule has 0 radical (unpaired) electrons. The summed E-state index contributed by atoms with van der Waals surface area (Å²) in [6.07, 6.45) is 5.44. The first-order valence-corrected chi connectivity index (χ1v) is 13.0. The number of aromatic nitrogens is 2. The fourth-order valence-corrected chi connectivity index (χ4v) is 4.13. The second-order valence-corrected chi connectivity index (χ2v) is 9.29. The van der Waals surface area contributed by atoms with E-state index in [9.17, 15) is 9.59 Å². The maximum Gasteiger partial charge on any atom is 0.347 e. The fourth-order valence-electron chi connectivity index (χ4n) is 3.77. The maximum absolute atomic E-state index is 13.4. The van der Waals surface area contributed by atoms with Crippen molar-refractivity contribution in [3.05, 3.63) is 74.8 Å². The largest absolute Gasteiger partial charge is 0.493 e. The van der Waals surface area contributed by atoms with E-state index in [1.165, 1.54) is 11.8 Å². The van der Waals surface area contributed by atoms with Gasteiger partial charge in [0.15, 0.2) is 17.6 Å². The van der Waals surface area contributed by atoms with Gasteiger partial charge in [-0.1, -0.05) is 35.4 Å². The third kappa shape index (κ3) is 6.85. The Bertz CT molecular complexity index is 1370. The van der Waals surface area contributed by atoms with E-state index in [1.807, 2.05) is 18.2 Å². The van der Waals surface area contributed by atoms with Gasteiger partial charge in [0.05, 0.1) is 30.8 Å². The van der Waals surface area contributed by atoms with Crippen molar-refractivity contribution < 1.29 is 19.0 Å². The van der Waals surface area contributed by atoms with E-state index >= 15 is 0 Å². The summed E-state index contributed by atoms with van der Waals surface area (Å²) >= 11 is 3.43. The predicted octanol–water partition coefficient (Wildman–Crippen LogP) is 5.45.